The summed E-state index contributed by atoms with van der Waals surface area (Å²) in [6.07, 6.45) is 1.73. The lowest BCUT2D eigenvalue weighted by molar-refractivity contribution is -0.0588. The van der Waals surface area contributed by atoms with Crippen molar-refractivity contribution in [2.75, 3.05) is 13.1 Å². The standard InChI is InChI=1S/C18H18BrN3O2/c1-12-10-21(11-13(2)24-12)18(23)17-14(9-20)7-8-22(17)16-6-4-3-5-15(16)19/h3-8,12-13H,10-11H2,1-2H3. The van der Waals surface area contributed by atoms with Crippen molar-refractivity contribution in [1.29, 1.82) is 5.26 Å². The number of para-hydroxylation sites is 1. The van der Waals surface area contributed by atoms with Gasteiger partial charge in [0, 0.05) is 23.8 Å². The summed E-state index contributed by atoms with van der Waals surface area (Å²) >= 11 is 3.51. The summed E-state index contributed by atoms with van der Waals surface area (Å²) in [7, 11) is 0. The molecule has 1 aromatic heterocycles. The van der Waals surface area contributed by atoms with Crippen molar-refractivity contribution in [3.8, 4) is 11.8 Å². The fraction of sp³-hybridized carbons (Fsp3) is 0.333. The van der Waals surface area contributed by atoms with Crippen LogP contribution in [0.1, 0.15) is 29.9 Å². The van der Waals surface area contributed by atoms with E-state index in [1.54, 1.807) is 21.7 Å². The third-order valence-electron chi connectivity index (χ3n) is 4.03. The van der Waals surface area contributed by atoms with E-state index in [0.717, 1.165) is 10.2 Å². The molecule has 6 heteroatoms. The average molecular weight is 388 g/mol. The average Bonchev–Trinajstić information content (AvgIpc) is 2.97. The summed E-state index contributed by atoms with van der Waals surface area (Å²) in [5, 5.41) is 9.43. The summed E-state index contributed by atoms with van der Waals surface area (Å²) in [4.78, 5) is 14.9. The van der Waals surface area contributed by atoms with Crippen molar-refractivity contribution in [3.63, 3.8) is 0 Å². The number of morpholine rings is 1. The van der Waals surface area contributed by atoms with Crippen molar-refractivity contribution in [3.05, 3.63) is 52.3 Å². The molecule has 0 spiro atoms. The fourth-order valence-corrected chi connectivity index (χ4v) is 3.56. The summed E-state index contributed by atoms with van der Waals surface area (Å²) in [6, 6.07) is 11.4. The molecule has 0 bridgehead atoms. The fourth-order valence-electron chi connectivity index (χ4n) is 3.08. The maximum Gasteiger partial charge on any atom is 0.272 e. The van der Waals surface area contributed by atoms with E-state index in [1.165, 1.54) is 0 Å². The molecular formula is C18H18BrN3O2. The van der Waals surface area contributed by atoms with Crippen LogP contribution >= 0.6 is 15.9 Å². The van der Waals surface area contributed by atoms with Crippen LogP contribution in [0.25, 0.3) is 5.69 Å². The zero-order valence-corrected chi connectivity index (χ0v) is 15.2. The Bertz CT molecular complexity index is 799. The Morgan fingerprint density at radius 3 is 2.54 bits per heavy atom. The Kier molecular flexibility index (Phi) is 4.74. The molecule has 0 saturated carbocycles. The van der Waals surface area contributed by atoms with Gasteiger partial charge < -0.3 is 14.2 Å². The third-order valence-corrected chi connectivity index (χ3v) is 4.70. The van der Waals surface area contributed by atoms with Crippen LogP contribution in [0.2, 0.25) is 0 Å². The Balaban J connectivity index is 2.04. The van der Waals surface area contributed by atoms with E-state index >= 15 is 0 Å². The number of benzene rings is 1. The highest BCUT2D eigenvalue weighted by molar-refractivity contribution is 9.10. The number of aromatic nitrogens is 1. The van der Waals surface area contributed by atoms with Crippen LogP contribution in [-0.4, -0.2) is 40.7 Å². The number of carbonyl (C=O) groups is 1. The van der Waals surface area contributed by atoms with Crippen molar-refractivity contribution < 1.29 is 9.53 Å². The molecule has 0 radical (unpaired) electrons. The van der Waals surface area contributed by atoms with E-state index in [1.807, 2.05) is 38.1 Å². The summed E-state index contributed by atoms with van der Waals surface area (Å²) in [5.74, 6) is -0.144. The number of carbonyl (C=O) groups excluding carboxylic acids is 1. The molecule has 0 aliphatic carbocycles. The maximum absolute atomic E-state index is 13.1. The van der Waals surface area contributed by atoms with Crippen molar-refractivity contribution >= 4 is 21.8 Å². The molecule has 2 aromatic rings. The van der Waals surface area contributed by atoms with Gasteiger partial charge in [0.1, 0.15) is 11.8 Å². The van der Waals surface area contributed by atoms with Crippen LogP contribution in [0.5, 0.6) is 0 Å². The van der Waals surface area contributed by atoms with Crippen LogP contribution in [0.4, 0.5) is 0 Å². The number of nitrogens with zero attached hydrogens (tertiary/aromatic N) is 3. The highest BCUT2D eigenvalue weighted by Gasteiger charge is 2.30. The lowest BCUT2D eigenvalue weighted by Crippen LogP contribution is -2.48. The monoisotopic (exact) mass is 387 g/mol. The van der Waals surface area contributed by atoms with Crippen LogP contribution in [0, 0.1) is 11.3 Å². The van der Waals surface area contributed by atoms with Crippen molar-refractivity contribution in [1.82, 2.24) is 9.47 Å². The second-order valence-electron chi connectivity index (χ2n) is 5.98. The number of rotatable bonds is 2. The molecule has 1 fully saturated rings. The van der Waals surface area contributed by atoms with E-state index in [2.05, 4.69) is 22.0 Å². The zero-order chi connectivity index (χ0) is 17.3. The lowest BCUT2D eigenvalue weighted by Gasteiger charge is -2.35. The van der Waals surface area contributed by atoms with Gasteiger partial charge in [-0.1, -0.05) is 12.1 Å². The number of hydrogen-bond acceptors (Lipinski definition) is 3. The van der Waals surface area contributed by atoms with E-state index in [-0.39, 0.29) is 18.1 Å². The molecule has 2 heterocycles. The Hall–Kier alpha value is -2.10. The molecule has 2 atom stereocenters. The van der Waals surface area contributed by atoms with Gasteiger partial charge in [-0.05, 0) is 48.0 Å². The SMILES string of the molecule is CC1CN(C(=O)c2c(C#N)ccn2-c2ccccc2Br)CC(C)O1. The summed E-state index contributed by atoms with van der Waals surface area (Å²) < 4.78 is 8.34. The minimum absolute atomic E-state index is 0.0184. The highest BCUT2D eigenvalue weighted by atomic mass is 79.9. The number of amides is 1. The zero-order valence-electron chi connectivity index (χ0n) is 13.6. The minimum atomic E-state index is -0.144. The van der Waals surface area contributed by atoms with E-state index in [9.17, 15) is 10.1 Å². The van der Waals surface area contributed by atoms with Crippen molar-refractivity contribution in [2.45, 2.75) is 26.1 Å². The number of hydrogen-bond donors (Lipinski definition) is 0. The maximum atomic E-state index is 13.1. The Labute approximate surface area is 149 Å². The van der Waals surface area contributed by atoms with E-state index < -0.39 is 0 Å². The van der Waals surface area contributed by atoms with Gasteiger partial charge in [0.15, 0.2) is 0 Å². The highest BCUT2D eigenvalue weighted by Crippen LogP contribution is 2.26. The predicted octanol–water partition coefficient (Wildman–Crippen LogP) is 3.36. The molecule has 1 saturated heterocycles. The van der Waals surface area contributed by atoms with Gasteiger partial charge in [-0.3, -0.25) is 4.79 Å². The van der Waals surface area contributed by atoms with E-state index in [4.69, 9.17) is 4.74 Å². The smallest absolute Gasteiger partial charge is 0.272 e. The van der Waals surface area contributed by atoms with Gasteiger partial charge in [-0.15, -0.1) is 0 Å². The molecule has 0 N–H and O–H groups in total. The van der Waals surface area contributed by atoms with Gasteiger partial charge in [-0.25, -0.2) is 0 Å². The first-order valence-corrected chi connectivity index (χ1v) is 8.61. The molecule has 3 rings (SSSR count). The molecule has 2 unspecified atom stereocenters. The molecule has 1 aliphatic heterocycles. The van der Waals surface area contributed by atoms with Gasteiger partial charge in [0.05, 0.1) is 23.5 Å². The number of ether oxygens (including phenoxy) is 1. The van der Waals surface area contributed by atoms with Gasteiger partial charge in [-0.2, -0.15) is 5.26 Å². The van der Waals surface area contributed by atoms with E-state index in [0.29, 0.717) is 24.3 Å². The molecule has 1 amide bonds. The number of halogens is 1. The molecule has 1 aromatic carbocycles. The van der Waals surface area contributed by atoms with Crippen molar-refractivity contribution in [2.24, 2.45) is 0 Å². The van der Waals surface area contributed by atoms with Crippen LogP contribution in [0.3, 0.4) is 0 Å². The quantitative estimate of drug-likeness (QED) is 0.793. The normalized spacial score (nSPS) is 20.7. The molecule has 5 nitrogen and oxygen atoms in total. The first-order chi connectivity index (χ1) is 11.5. The second-order valence-corrected chi connectivity index (χ2v) is 6.83. The lowest BCUT2D eigenvalue weighted by atomic mass is 10.1. The molecule has 1 aliphatic rings. The largest absolute Gasteiger partial charge is 0.372 e. The second kappa shape index (κ2) is 6.80. The minimum Gasteiger partial charge on any atom is -0.372 e. The van der Waals surface area contributed by atoms with Crippen LogP contribution in [0.15, 0.2) is 41.0 Å². The molecule has 124 valence electrons. The Morgan fingerprint density at radius 2 is 1.92 bits per heavy atom. The van der Waals surface area contributed by atoms with Gasteiger partial charge in [0.25, 0.3) is 5.91 Å². The Morgan fingerprint density at radius 1 is 1.25 bits per heavy atom. The summed E-state index contributed by atoms with van der Waals surface area (Å²) in [6.45, 7) is 4.95. The molecular weight excluding hydrogens is 370 g/mol. The number of nitriles is 1. The van der Waals surface area contributed by atoms with Crippen LogP contribution < -0.4 is 0 Å². The first kappa shape index (κ1) is 16.7. The van der Waals surface area contributed by atoms with Crippen LogP contribution in [-0.2, 0) is 4.74 Å². The predicted molar refractivity (Wildman–Crippen MR) is 94.1 cm³/mol. The summed E-state index contributed by atoms with van der Waals surface area (Å²) in [5.41, 5.74) is 1.60. The van der Waals surface area contributed by atoms with Gasteiger partial charge >= 0.3 is 0 Å². The van der Waals surface area contributed by atoms with Gasteiger partial charge in [0.2, 0.25) is 0 Å². The first-order valence-electron chi connectivity index (χ1n) is 7.82. The molecule has 24 heavy (non-hydrogen) atoms. The topological polar surface area (TPSA) is 58.3 Å². The third kappa shape index (κ3) is 3.10.